The van der Waals surface area contributed by atoms with E-state index in [0.717, 1.165) is 31.4 Å². The van der Waals surface area contributed by atoms with Gasteiger partial charge in [-0.25, -0.2) is 0 Å². The number of alkyl halides is 3. The first-order chi connectivity index (χ1) is 13.7. The van der Waals surface area contributed by atoms with Gasteiger partial charge in [-0.15, -0.1) is 0 Å². The van der Waals surface area contributed by atoms with E-state index in [9.17, 15) is 18.0 Å². The summed E-state index contributed by atoms with van der Waals surface area (Å²) in [6, 6.07) is 5.00. The predicted octanol–water partition coefficient (Wildman–Crippen LogP) is 4.78. The van der Waals surface area contributed by atoms with Crippen LogP contribution in [0.25, 0.3) is 11.3 Å². The van der Waals surface area contributed by atoms with Gasteiger partial charge in [-0.3, -0.25) is 4.79 Å². The molecule has 1 aromatic carbocycles. The van der Waals surface area contributed by atoms with Crippen LogP contribution in [0.2, 0.25) is 0 Å². The molecule has 2 aromatic rings. The Morgan fingerprint density at radius 3 is 2.38 bits per heavy atom. The molecule has 1 aromatic heterocycles. The molecule has 1 aliphatic rings. The summed E-state index contributed by atoms with van der Waals surface area (Å²) in [5, 5.41) is 10.2. The molecule has 1 aliphatic carbocycles. The number of carbonyl (C=O) groups is 1. The minimum atomic E-state index is -4.41. The zero-order valence-electron chi connectivity index (χ0n) is 16.8. The van der Waals surface area contributed by atoms with Gasteiger partial charge in [0.25, 0.3) is 5.91 Å². The van der Waals surface area contributed by atoms with Gasteiger partial charge >= 0.3 is 6.18 Å². The molecule has 0 bridgehead atoms. The average Bonchev–Trinajstić information content (AvgIpc) is 3.03. The number of halogens is 3. The summed E-state index contributed by atoms with van der Waals surface area (Å²) < 4.78 is 44.0. The monoisotopic (exact) mass is 409 g/mol. The van der Waals surface area contributed by atoms with Crippen LogP contribution in [0.3, 0.4) is 0 Å². The number of carbonyl (C=O) groups excluding carboxylic acids is 1. The number of aromatic nitrogens is 1. The van der Waals surface area contributed by atoms with Crippen molar-refractivity contribution in [2.75, 3.05) is 0 Å². The summed E-state index contributed by atoms with van der Waals surface area (Å²) in [5.74, 6) is 0.211. The lowest BCUT2D eigenvalue weighted by molar-refractivity contribution is -0.137. The standard InChI is InChI=1S/C21H26F3N3O2/c1-12(2)13(3)26-20(28)18-17(11-25-16-5-4-6-16)19(29-27-18)14-7-9-15(10-8-14)21(22,23)24/h7-10,12-13,16,25H,4-6,11H2,1-3H3,(H,26,28)/t13-/m0/s1. The van der Waals surface area contributed by atoms with Crippen molar-refractivity contribution >= 4 is 5.91 Å². The fraction of sp³-hybridized carbons (Fsp3) is 0.524. The Morgan fingerprint density at radius 2 is 1.86 bits per heavy atom. The number of hydrogen-bond acceptors (Lipinski definition) is 4. The van der Waals surface area contributed by atoms with Gasteiger partial charge in [-0.1, -0.05) is 37.6 Å². The second kappa shape index (κ2) is 8.57. The van der Waals surface area contributed by atoms with Gasteiger partial charge in [0.15, 0.2) is 11.5 Å². The quantitative estimate of drug-likeness (QED) is 0.691. The van der Waals surface area contributed by atoms with Crippen LogP contribution in [0.4, 0.5) is 13.2 Å². The van der Waals surface area contributed by atoms with Crippen LogP contribution >= 0.6 is 0 Å². The fourth-order valence-electron chi connectivity index (χ4n) is 2.99. The van der Waals surface area contributed by atoms with Crippen molar-refractivity contribution in [1.82, 2.24) is 15.8 Å². The lowest BCUT2D eigenvalue weighted by atomic mass is 9.93. The number of nitrogens with zero attached hydrogens (tertiary/aromatic N) is 1. The minimum absolute atomic E-state index is 0.0545. The fourth-order valence-corrected chi connectivity index (χ4v) is 2.99. The Kier molecular flexibility index (Phi) is 6.31. The first-order valence-electron chi connectivity index (χ1n) is 9.87. The maximum atomic E-state index is 12.9. The Labute approximate surface area is 168 Å². The highest BCUT2D eigenvalue weighted by atomic mass is 19.4. The minimum Gasteiger partial charge on any atom is -0.355 e. The molecular formula is C21H26F3N3O2. The first kappa shape index (κ1) is 21.4. The first-order valence-corrected chi connectivity index (χ1v) is 9.87. The summed E-state index contributed by atoms with van der Waals surface area (Å²) in [4.78, 5) is 12.7. The number of rotatable bonds is 7. The predicted molar refractivity (Wildman–Crippen MR) is 103 cm³/mol. The Hall–Kier alpha value is -2.35. The molecule has 1 atom stereocenters. The molecule has 158 valence electrons. The molecular weight excluding hydrogens is 383 g/mol. The molecule has 1 saturated carbocycles. The van der Waals surface area contributed by atoms with Crippen molar-refractivity contribution in [1.29, 1.82) is 0 Å². The summed E-state index contributed by atoms with van der Waals surface area (Å²) >= 11 is 0. The second-order valence-corrected chi connectivity index (χ2v) is 7.93. The van der Waals surface area contributed by atoms with E-state index in [0.29, 0.717) is 29.5 Å². The van der Waals surface area contributed by atoms with Gasteiger partial charge in [-0.05, 0) is 37.8 Å². The highest BCUT2D eigenvalue weighted by molar-refractivity contribution is 5.95. The molecule has 8 heteroatoms. The van der Waals surface area contributed by atoms with Crippen molar-refractivity contribution in [2.24, 2.45) is 5.92 Å². The number of nitrogens with one attached hydrogen (secondary N) is 2. The molecule has 0 spiro atoms. The SMILES string of the molecule is CC(C)[C@H](C)NC(=O)c1noc(-c2ccc(C(F)(F)F)cc2)c1CNC1CCC1. The van der Waals surface area contributed by atoms with E-state index >= 15 is 0 Å². The molecule has 0 aliphatic heterocycles. The van der Waals surface area contributed by atoms with Crippen LogP contribution < -0.4 is 10.6 Å². The zero-order valence-corrected chi connectivity index (χ0v) is 16.8. The molecule has 29 heavy (non-hydrogen) atoms. The number of amides is 1. The molecule has 0 saturated heterocycles. The maximum Gasteiger partial charge on any atom is 0.416 e. The number of benzene rings is 1. The van der Waals surface area contributed by atoms with Crippen molar-refractivity contribution in [2.45, 2.75) is 64.8 Å². The van der Waals surface area contributed by atoms with Gasteiger partial charge in [0.2, 0.25) is 0 Å². The molecule has 0 unspecified atom stereocenters. The summed E-state index contributed by atoms with van der Waals surface area (Å²) in [6.07, 6.45) is -1.13. The van der Waals surface area contributed by atoms with E-state index < -0.39 is 11.7 Å². The van der Waals surface area contributed by atoms with Crippen molar-refractivity contribution < 1.29 is 22.5 Å². The van der Waals surface area contributed by atoms with Gasteiger partial charge in [0.05, 0.1) is 5.56 Å². The van der Waals surface area contributed by atoms with E-state index in [4.69, 9.17) is 4.52 Å². The van der Waals surface area contributed by atoms with Crippen LogP contribution in [-0.2, 0) is 12.7 Å². The van der Waals surface area contributed by atoms with Gasteiger partial charge in [-0.2, -0.15) is 13.2 Å². The van der Waals surface area contributed by atoms with E-state index in [-0.39, 0.29) is 23.6 Å². The van der Waals surface area contributed by atoms with E-state index in [1.165, 1.54) is 12.1 Å². The Morgan fingerprint density at radius 1 is 1.21 bits per heavy atom. The molecule has 3 rings (SSSR count). The lowest BCUT2D eigenvalue weighted by Gasteiger charge is -2.26. The average molecular weight is 409 g/mol. The Bertz CT molecular complexity index is 840. The van der Waals surface area contributed by atoms with Gasteiger partial charge in [0.1, 0.15) is 0 Å². The van der Waals surface area contributed by atoms with Crippen LogP contribution in [0.5, 0.6) is 0 Å². The third kappa shape index (κ3) is 4.98. The highest BCUT2D eigenvalue weighted by Crippen LogP contribution is 2.33. The van der Waals surface area contributed by atoms with Crippen LogP contribution in [-0.4, -0.2) is 23.1 Å². The maximum absolute atomic E-state index is 12.9. The smallest absolute Gasteiger partial charge is 0.355 e. The zero-order chi connectivity index (χ0) is 21.2. The summed E-state index contributed by atoms with van der Waals surface area (Å²) in [6.45, 7) is 6.27. The van der Waals surface area contributed by atoms with Gasteiger partial charge in [0, 0.05) is 29.8 Å². The molecule has 2 N–H and O–H groups in total. The molecule has 0 radical (unpaired) electrons. The van der Waals surface area contributed by atoms with E-state index in [2.05, 4.69) is 15.8 Å². The van der Waals surface area contributed by atoms with Crippen molar-refractivity contribution in [3.63, 3.8) is 0 Å². The summed E-state index contributed by atoms with van der Waals surface area (Å²) in [5.41, 5.74) is 0.440. The van der Waals surface area contributed by atoms with Crippen molar-refractivity contribution in [3.8, 4) is 11.3 Å². The molecule has 1 fully saturated rings. The molecule has 5 nitrogen and oxygen atoms in total. The molecule has 1 heterocycles. The lowest BCUT2D eigenvalue weighted by Crippen LogP contribution is -2.38. The van der Waals surface area contributed by atoms with Crippen LogP contribution in [0, 0.1) is 5.92 Å². The molecule has 1 amide bonds. The topological polar surface area (TPSA) is 67.2 Å². The third-order valence-electron chi connectivity index (χ3n) is 5.51. The van der Waals surface area contributed by atoms with Gasteiger partial charge < -0.3 is 15.2 Å². The summed E-state index contributed by atoms with van der Waals surface area (Å²) in [7, 11) is 0. The number of hydrogen-bond donors (Lipinski definition) is 2. The Balaban J connectivity index is 1.89. The van der Waals surface area contributed by atoms with E-state index in [1.54, 1.807) is 0 Å². The van der Waals surface area contributed by atoms with Crippen molar-refractivity contribution in [3.05, 3.63) is 41.1 Å². The normalized spacial score (nSPS) is 16.0. The largest absolute Gasteiger partial charge is 0.416 e. The van der Waals surface area contributed by atoms with Crippen LogP contribution in [0.1, 0.15) is 61.6 Å². The van der Waals surface area contributed by atoms with Crippen LogP contribution in [0.15, 0.2) is 28.8 Å². The second-order valence-electron chi connectivity index (χ2n) is 7.93. The van der Waals surface area contributed by atoms with E-state index in [1.807, 2.05) is 20.8 Å². The highest BCUT2D eigenvalue weighted by Gasteiger charge is 2.31. The third-order valence-corrected chi connectivity index (χ3v) is 5.51.